The molecular weight excluding hydrogens is 238 g/mol. The van der Waals surface area contributed by atoms with Crippen LogP contribution in [0.15, 0.2) is 24.3 Å². The number of hydrogen-bond acceptors (Lipinski definition) is 2. The smallest absolute Gasteiger partial charge is 0.227 e. The van der Waals surface area contributed by atoms with E-state index >= 15 is 0 Å². The zero-order valence-electron chi connectivity index (χ0n) is 12.5. The van der Waals surface area contributed by atoms with Crippen LogP contribution in [-0.4, -0.2) is 11.0 Å². The van der Waals surface area contributed by atoms with E-state index in [1.54, 1.807) is 24.3 Å². The van der Waals surface area contributed by atoms with Gasteiger partial charge in [-0.05, 0) is 29.9 Å². The van der Waals surface area contributed by atoms with Gasteiger partial charge in [0.1, 0.15) is 5.75 Å². The van der Waals surface area contributed by atoms with Crippen molar-refractivity contribution in [3.63, 3.8) is 0 Å². The summed E-state index contributed by atoms with van der Waals surface area (Å²) in [6.07, 6.45) is 0.843. The molecule has 2 N–H and O–H groups in total. The lowest BCUT2D eigenvalue weighted by atomic mass is 9.79. The van der Waals surface area contributed by atoms with Gasteiger partial charge in [0.25, 0.3) is 0 Å². The maximum absolute atomic E-state index is 12.4. The van der Waals surface area contributed by atoms with Crippen molar-refractivity contribution < 1.29 is 9.90 Å². The van der Waals surface area contributed by atoms with Crippen LogP contribution in [0.4, 0.5) is 5.69 Å². The van der Waals surface area contributed by atoms with Gasteiger partial charge in [0.15, 0.2) is 0 Å². The number of benzene rings is 1. The molecule has 106 valence electrons. The van der Waals surface area contributed by atoms with Crippen LogP contribution in [0.5, 0.6) is 5.75 Å². The monoisotopic (exact) mass is 263 g/mol. The van der Waals surface area contributed by atoms with Gasteiger partial charge in [-0.3, -0.25) is 4.79 Å². The summed E-state index contributed by atoms with van der Waals surface area (Å²) in [5.41, 5.74) is 0.759. The lowest BCUT2D eigenvalue weighted by Crippen LogP contribution is -2.30. The number of aromatic hydroxyl groups is 1. The average molecular weight is 263 g/mol. The zero-order chi connectivity index (χ0) is 14.6. The maximum Gasteiger partial charge on any atom is 0.227 e. The molecule has 0 aliphatic carbocycles. The van der Waals surface area contributed by atoms with E-state index in [2.05, 4.69) is 39.9 Å². The second kappa shape index (κ2) is 6.09. The van der Waals surface area contributed by atoms with Gasteiger partial charge in [0.05, 0.1) is 0 Å². The third-order valence-electron chi connectivity index (χ3n) is 3.09. The van der Waals surface area contributed by atoms with E-state index in [4.69, 9.17) is 0 Å². The molecule has 0 aliphatic rings. The molecule has 1 unspecified atom stereocenters. The van der Waals surface area contributed by atoms with E-state index in [0.29, 0.717) is 5.69 Å². The summed E-state index contributed by atoms with van der Waals surface area (Å²) in [6, 6.07) is 6.66. The number of carbonyl (C=O) groups excluding carboxylic acids is 1. The molecule has 0 saturated heterocycles. The van der Waals surface area contributed by atoms with Crippen molar-refractivity contribution in [2.24, 2.45) is 17.3 Å². The highest BCUT2D eigenvalue weighted by molar-refractivity contribution is 5.92. The molecule has 0 spiro atoms. The molecule has 3 nitrogen and oxygen atoms in total. The summed E-state index contributed by atoms with van der Waals surface area (Å²) < 4.78 is 0. The Morgan fingerprint density at radius 1 is 1.32 bits per heavy atom. The van der Waals surface area contributed by atoms with E-state index < -0.39 is 0 Å². The molecule has 3 heteroatoms. The summed E-state index contributed by atoms with van der Waals surface area (Å²) in [4.78, 5) is 12.4. The molecule has 1 rings (SSSR count). The first-order valence-electron chi connectivity index (χ1n) is 6.79. The number of amides is 1. The highest BCUT2D eigenvalue weighted by Gasteiger charge is 2.27. The van der Waals surface area contributed by atoms with Crippen molar-refractivity contribution in [1.29, 1.82) is 0 Å². The molecule has 0 radical (unpaired) electrons. The van der Waals surface area contributed by atoms with Crippen molar-refractivity contribution in [3.8, 4) is 5.75 Å². The van der Waals surface area contributed by atoms with Gasteiger partial charge in [-0.15, -0.1) is 0 Å². The molecule has 1 aromatic carbocycles. The Morgan fingerprint density at radius 3 is 2.42 bits per heavy atom. The lowest BCUT2D eigenvalue weighted by Gasteiger charge is -2.28. The summed E-state index contributed by atoms with van der Waals surface area (Å²) in [6.45, 7) is 10.6. The zero-order valence-corrected chi connectivity index (χ0v) is 12.5. The summed E-state index contributed by atoms with van der Waals surface area (Å²) in [7, 11) is 0. The predicted octanol–water partition coefficient (Wildman–Crippen LogP) is 4.04. The quantitative estimate of drug-likeness (QED) is 0.861. The highest BCUT2D eigenvalue weighted by Crippen LogP contribution is 2.30. The summed E-state index contributed by atoms with van der Waals surface area (Å²) in [5.74, 6) is 0.448. The van der Waals surface area contributed by atoms with Crippen LogP contribution in [0, 0.1) is 17.3 Å². The van der Waals surface area contributed by atoms with Crippen LogP contribution in [0.25, 0.3) is 0 Å². The number of nitrogens with one attached hydrogen (secondary N) is 1. The van der Waals surface area contributed by atoms with E-state index in [9.17, 15) is 9.90 Å². The van der Waals surface area contributed by atoms with E-state index in [-0.39, 0.29) is 28.9 Å². The first-order chi connectivity index (χ1) is 8.69. The molecule has 0 bridgehead atoms. The minimum absolute atomic E-state index is 0.0236. The van der Waals surface area contributed by atoms with Crippen molar-refractivity contribution in [2.75, 3.05) is 5.32 Å². The molecule has 0 aromatic heterocycles. The third-order valence-corrected chi connectivity index (χ3v) is 3.09. The Morgan fingerprint density at radius 2 is 1.95 bits per heavy atom. The number of hydrogen-bond donors (Lipinski definition) is 2. The standard InChI is InChI=1S/C16H25NO2/c1-11(2)14(10-16(3,4)5)15(19)17-12-7-6-8-13(18)9-12/h6-9,11,14,18H,10H2,1-5H3,(H,17,19). The van der Waals surface area contributed by atoms with Crippen LogP contribution >= 0.6 is 0 Å². The Kier molecular flexibility index (Phi) is 4.98. The predicted molar refractivity (Wildman–Crippen MR) is 79.1 cm³/mol. The largest absolute Gasteiger partial charge is 0.508 e. The van der Waals surface area contributed by atoms with Gasteiger partial charge in [0, 0.05) is 17.7 Å². The van der Waals surface area contributed by atoms with Gasteiger partial charge in [-0.2, -0.15) is 0 Å². The van der Waals surface area contributed by atoms with Gasteiger partial charge in [-0.1, -0.05) is 40.7 Å². The molecular formula is C16H25NO2. The van der Waals surface area contributed by atoms with Crippen molar-refractivity contribution in [1.82, 2.24) is 0 Å². The Bertz CT molecular complexity index is 433. The normalized spacial score (nSPS) is 13.4. The first-order valence-corrected chi connectivity index (χ1v) is 6.79. The van der Waals surface area contributed by atoms with Crippen molar-refractivity contribution in [2.45, 2.75) is 41.0 Å². The first kappa shape index (κ1) is 15.5. The molecule has 1 atom stereocenters. The minimum Gasteiger partial charge on any atom is -0.508 e. The van der Waals surface area contributed by atoms with E-state index in [1.165, 1.54) is 0 Å². The van der Waals surface area contributed by atoms with Gasteiger partial charge < -0.3 is 10.4 Å². The maximum atomic E-state index is 12.4. The van der Waals surface area contributed by atoms with Crippen LogP contribution in [0.3, 0.4) is 0 Å². The second-order valence-electron chi connectivity index (χ2n) is 6.65. The number of carbonyl (C=O) groups is 1. The van der Waals surface area contributed by atoms with Crippen molar-refractivity contribution >= 4 is 11.6 Å². The topological polar surface area (TPSA) is 49.3 Å². The Hall–Kier alpha value is -1.51. The average Bonchev–Trinajstić information content (AvgIpc) is 2.24. The van der Waals surface area contributed by atoms with Gasteiger partial charge in [0.2, 0.25) is 5.91 Å². The highest BCUT2D eigenvalue weighted by atomic mass is 16.3. The number of phenolic OH excluding ortho intramolecular Hbond substituents is 1. The molecule has 0 aliphatic heterocycles. The van der Waals surface area contributed by atoms with Gasteiger partial charge in [-0.25, -0.2) is 0 Å². The van der Waals surface area contributed by atoms with Crippen LogP contribution in [0.1, 0.15) is 41.0 Å². The van der Waals surface area contributed by atoms with Crippen LogP contribution in [-0.2, 0) is 4.79 Å². The molecule has 0 heterocycles. The Labute approximate surface area is 116 Å². The number of phenols is 1. The van der Waals surface area contributed by atoms with Crippen molar-refractivity contribution in [3.05, 3.63) is 24.3 Å². The molecule has 0 fully saturated rings. The van der Waals surface area contributed by atoms with Gasteiger partial charge >= 0.3 is 0 Å². The second-order valence-corrected chi connectivity index (χ2v) is 6.65. The van der Waals surface area contributed by atoms with Crippen LogP contribution in [0.2, 0.25) is 0 Å². The van der Waals surface area contributed by atoms with Crippen LogP contribution < -0.4 is 5.32 Å². The molecule has 1 aromatic rings. The van der Waals surface area contributed by atoms with E-state index in [0.717, 1.165) is 6.42 Å². The number of rotatable bonds is 4. The summed E-state index contributed by atoms with van der Waals surface area (Å²) >= 11 is 0. The third kappa shape index (κ3) is 5.33. The lowest BCUT2D eigenvalue weighted by molar-refractivity contribution is -0.122. The fraction of sp³-hybridized carbons (Fsp3) is 0.562. The summed E-state index contributed by atoms with van der Waals surface area (Å²) in [5, 5.41) is 12.3. The fourth-order valence-corrected chi connectivity index (χ4v) is 2.11. The molecule has 1 amide bonds. The van der Waals surface area contributed by atoms with E-state index in [1.807, 2.05) is 0 Å². The Balaban J connectivity index is 2.78. The number of anilines is 1. The fourth-order valence-electron chi connectivity index (χ4n) is 2.11. The molecule has 19 heavy (non-hydrogen) atoms. The minimum atomic E-state index is -0.0256. The SMILES string of the molecule is CC(C)C(CC(C)(C)C)C(=O)Nc1cccc(O)c1. The molecule has 0 saturated carbocycles.